The highest BCUT2D eigenvalue weighted by atomic mass is 79.9. The quantitative estimate of drug-likeness (QED) is 0.900. The molecule has 1 aromatic carbocycles. The zero-order valence-electron chi connectivity index (χ0n) is 8.90. The molecule has 0 radical (unpaired) electrons. The molecule has 0 aliphatic rings. The van der Waals surface area contributed by atoms with E-state index in [9.17, 15) is 5.11 Å². The first-order chi connectivity index (χ1) is 6.47. The Hall–Kier alpha value is -0.0900. The number of hydrogen-bond donors (Lipinski definition) is 2. The minimum atomic E-state index is -0.291. The summed E-state index contributed by atoms with van der Waals surface area (Å²) < 4.78 is 1.01. The highest BCUT2D eigenvalue weighted by Gasteiger charge is 2.26. The third-order valence-corrected chi connectivity index (χ3v) is 2.95. The van der Waals surface area contributed by atoms with E-state index in [-0.39, 0.29) is 30.5 Å². The van der Waals surface area contributed by atoms with Gasteiger partial charge in [-0.15, -0.1) is 12.4 Å². The zero-order chi connectivity index (χ0) is 10.8. The van der Waals surface area contributed by atoms with Gasteiger partial charge in [0, 0.05) is 22.5 Å². The lowest BCUT2D eigenvalue weighted by Gasteiger charge is -2.29. The van der Waals surface area contributed by atoms with E-state index in [2.05, 4.69) is 15.9 Å². The van der Waals surface area contributed by atoms with E-state index in [1.54, 1.807) is 0 Å². The van der Waals surface area contributed by atoms with Crippen molar-refractivity contribution in [2.75, 3.05) is 6.61 Å². The van der Waals surface area contributed by atoms with Crippen LogP contribution < -0.4 is 5.73 Å². The molecular weight excluding hydrogens is 277 g/mol. The summed E-state index contributed by atoms with van der Waals surface area (Å²) in [5, 5.41) is 9.20. The monoisotopic (exact) mass is 293 g/mol. The molecule has 1 aromatic rings. The van der Waals surface area contributed by atoms with Crippen LogP contribution in [0.4, 0.5) is 0 Å². The van der Waals surface area contributed by atoms with Gasteiger partial charge in [-0.05, 0) is 17.7 Å². The summed E-state index contributed by atoms with van der Waals surface area (Å²) in [4.78, 5) is 0. The van der Waals surface area contributed by atoms with Gasteiger partial charge in [0.2, 0.25) is 0 Å². The Morgan fingerprint density at radius 1 is 1.47 bits per heavy atom. The Labute approximate surface area is 105 Å². The van der Waals surface area contributed by atoms with Crippen molar-refractivity contribution < 1.29 is 5.11 Å². The van der Waals surface area contributed by atoms with E-state index in [1.807, 2.05) is 38.1 Å². The molecule has 2 nitrogen and oxygen atoms in total. The Morgan fingerprint density at radius 2 is 2.07 bits per heavy atom. The average Bonchev–Trinajstić information content (AvgIpc) is 2.16. The number of benzene rings is 1. The van der Waals surface area contributed by atoms with Gasteiger partial charge in [0.15, 0.2) is 0 Å². The number of aliphatic hydroxyl groups is 1. The fourth-order valence-electron chi connectivity index (χ4n) is 1.25. The molecular formula is C11H17BrClNO. The Balaban J connectivity index is 0.00000196. The minimum Gasteiger partial charge on any atom is -0.396 e. The van der Waals surface area contributed by atoms with E-state index in [1.165, 1.54) is 0 Å². The highest BCUT2D eigenvalue weighted by molar-refractivity contribution is 9.10. The molecule has 0 saturated carbocycles. The summed E-state index contributed by atoms with van der Waals surface area (Å²) in [5.74, 6) is 0. The molecule has 0 spiro atoms. The van der Waals surface area contributed by atoms with Crippen LogP contribution in [0.1, 0.15) is 25.5 Å². The molecule has 0 aliphatic carbocycles. The van der Waals surface area contributed by atoms with Gasteiger partial charge < -0.3 is 10.8 Å². The van der Waals surface area contributed by atoms with Crippen molar-refractivity contribution >= 4 is 28.3 Å². The van der Waals surface area contributed by atoms with Crippen molar-refractivity contribution in [3.8, 4) is 0 Å². The number of rotatable bonds is 3. The maximum absolute atomic E-state index is 9.20. The standard InChI is InChI=1S/C11H16BrNO.ClH/c1-11(2,7-14)10(13)8-4-3-5-9(12)6-8;/h3-6,10,14H,7,13H2,1-2H3;1H/t10-;/m1./s1. The van der Waals surface area contributed by atoms with Gasteiger partial charge in [0.25, 0.3) is 0 Å². The minimum absolute atomic E-state index is 0. The fraction of sp³-hybridized carbons (Fsp3) is 0.455. The van der Waals surface area contributed by atoms with Crippen molar-refractivity contribution in [2.24, 2.45) is 11.1 Å². The van der Waals surface area contributed by atoms with Crippen molar-refractivity contribution in [2.45, 2.75) is 19.9 Å². The predicted octanol–water partition coefficient (Wildman–Crippen LogP) is 2.89. The van der Waals surface area contributed by atoms with E-state index in [0.29, 0.717) is 0 Å². The second-order valence-corrected chi connectivity index (χ2v) is 5.10. The summed E-state index contributed by atoms with van der Waals surface area (Å²) in [6.07, 6.45) is 0. The molecule has 86 valence electrons. The Kier molecular flexibility index (Phi) is 5.81. The molecule has 0 fully saturated rings. The van der Waals surface area contributed by atoms with Crippen LogP contribution in [0.3, 0.4) is 0 Å². The fourth-order valence-corrected chi connectivity index (χ4v) is 1.67. The Bertz CT molecular complexity index is 317. The maximum Gasteiger partial charge on any atom is 0.0500 e. The molecule has 0 heterocycles. The maximum atomic E-state index is 9.20. The lowest BCUT2D eigenvalue weighted by atomic mass is 9.82. The smallest absolute Gasteiger partial charge is 0.0500 e. The second kappa shape index (κ2) is 5.85. The van der Waals surface area contributed by atoms with Crippen LogP contribution in [0.5, 0.6) is 0 Å². The van der Waals surface area contributed by atoms with Crippen molar-refractivity contribution in [1.82, 2.24) is 0 Å². The Morgan fingerprint density at radius 3 is 2.53 bits per heavy atom. The number of halogens is 2. The largest absolute Gasteiger partial charge is 0.396 e. The van der Waals surface area contributed by atoms with Crippen LogP contribution in [-0.4, -0.2) is 11.7 Å². The molecule has 1 atom stereocenters. The predicted molar refractivity (Wildman–Crippen MR) is 69.2 cm³/mol. The number of hydrogen-bond acceptors (Lipinski definition) is 2. The van der Waals surface area contributed by atoms with Crippen LogP contribution in [0.25, 0.3) is 0 Å². The van der Waals surface area contributed by atoms with Gasteiger partial charge in [0.1, 0.15) is 0 Å². The summed E-state index contributed by atoms with van der Waals surface area (Å²) in [6.45, 7) is 4.00. The first-order valence-electron chi connectivity index (χ1n) is 4.59. The molecule has 4 heteroatoms. The molecule has 0 aromatic heterocycles. The van der Waals surface area contributed by atoms with E-state index in [0.717, 1.165) is 10.0 Å². The van der Waals surface area contributed by atoms with Gasteiger partial charge in [-0.2, -0.15) is 0 Å². The lowest BCUT2D eigenvalue weighted by molar-refractivity contribution is 0.132. The van der Waals surface area contributed by atoms with E-state index < -0.39 is 0 Å². The summed E-state index contributed by atoms with van der Waals surface area (Å²) in [7, 11) is 0. The first kappa shape index (κ1) is 14.9. The zero-order valence-corrected chi connectivity index (χ0v) is 11.3. The molecule has 0 amide bonds. The molecule has 0 unspecified atom stereocenters. The van der Waals surface area contributed by atoms with Crippen LogP contribution >= 0.6 is 28.3 Å². The molecule has 0 aliphatic heterocycles. The second-order valence-electron chi connectivity index (χ2n) is 4.18. The van der Waals surface area contributed by atoms with Gasteiger partial charge in [0.05, 0.1) is 0 Å². The topological polar surface area (TPSA) is 46.2 Å². The molecule has 15 heavy (non-hydrogen) atoms. The van der Waals surface area contributed by atoms with Crippen LogP contribution in [-0.2, 0) is 0 Å². The lowest BCUT2D eigenvalue weighted by Crippen LogP contribution is -2.32. The first-order valence-corrected chi connectivity index (χ1v) is 5.38. The third kappa shape index (κ3) is 3.76. The SMILES string of the molecule is CC(C)(CO)[C@H](N)c1cccc(Br)c1.Cl. The van der Waals surface area contributed by atoms with Gasteiger partial charge in [-0.1, -0.05) is 41.9 Å². The normalized spacial score (nSPS) is 13.1. The van der Waals surface area contributed by atoms with Crippen LogP contribution in [0, 0.1) is 5.41 Å². The highest BCUT2D eigenvalue weighted by Crippen LogP contribution is 2.31. The van der Waals surface area contributed by atoms with Gasteiger partial charge >= 0.3 is 0 Å². The summed E-state index contributed by atoms with van der Waals surface area (Å²) in [5.41, 5.74) is 6.82. The van der Waals surface area contributed by atoms with Crippen LogP contribution in [0.2, 0.25) is 0 Å². The van der Waals surface area contributed by atoms with E-state index >= 15 is 0 Å². The average molecular weight is 295 g/mol. The molecule has 3 N–H and O–H groups in total. The molecule has 0 saturated heterocycles. The van der Waals surface area contributed by atoms with Crippen molar-refractivity contribution in [3.05, 3.63) is 34.3 Å². The summed E-state index contributed by atoms with van der Waals surface area (Å²) in [6, 6.07) is 7.73. The van der Waals surface area contributed by atoms with Crippen molar-refractivity contribution in [3.63, 3.8) is 0 Å². The van der Waals surface area contributed by atoms with E-state index in [4.69, 9.17) is 5.73 Å². The number of aliphatic hydroxyl groups excluding tert-OH is 1. The van der Waals surface area contributed by atoms with Gasteiger partial charge in [-0.25, -0.2) is 0 Å². The number of nitrogens with two attached hydrogens (primary N) is 1. The molecule has 0 bridgehead atoms. The van der Waals surface area contributed by atoms with Crippen LogP contribution in [0.15, 0.2) is 28.7 Å². The van der Waals surface area contributed by atoms with Crippen molar-refractivity contribution in [1.29, 1.82) is 0 Å². The van der Waals surface area contributed by atoms with Gasteiger partial charge in [-0.3, -0.25) is 0 Å². The summed E-state index contributed by atoms with van der Waals surface area (Å²) >= 11 is 3.40. The molecule has 1 rings (SSSR count). The third-order valence-electron chi connectivity index (χ3n) is 2.46.